The third-order valence-corrected chi connectivity index (χ3v) is 6.00. The molecule has 0 amide bonds. The first-order valence-corrected chi connectivity index (χ1v) is 12.0. The molecule has 0 saturated carbocycles. The molecule has 4 unspecified atom stereocenters. The van der Waals surface area contributed by atoms with E-state index in [9.17, 15) is 0 Å². The maximum Gasteiger partial charge on any atom is -0.0438 e. The van der Waals surface area contributed by atoms with Crippen molar-refractivity contribution in [3.8, 4) is 0 Å². The zero-order valence-electron chi connectivity index (χ0n) is 18.9. The molecule has 0 aliphatic heterocycles. The van der Waals surface area contributed by atoms with Crippen molar-refractivity contribution in [1.29, 1.82) is 0 Å². The van der Waals surface area contributed by atoms with Crippen LogP contribution in [0.1, 0.15) is 138 Å². The lowest BCUT2D eigenvalue weighted by Crippen LogP contribution is -2.10. The fourth-order valence-corrected chi connectivity index (χ4v) is 4.79. The van der Waals surface area contributed by atoms with Crippen molar-refractivity contribution in [3.63, 3.8) is 0 Å². The molecule has 0 N–H and O–H groups in total. The zero-order valence-corrected chi connectivity index (χ0v) is 18.9. The molecule has 0 bridgehead atoms. The van der Waals surface area contributed by atoms with Crippen LogP contribution in [-0.4, -0.2) is 0 Å². The Morgan fingerprint density at radius 3 is 1.28 bits per heavy atom. The van der Waals surface area contributed by atoms with Crippen molar-refractivity contribution in [2.75, 3.05) is 0 Å². The van der Waals surface area contributed by atoms with Gasteiger partial charge in [0.15, 0.2) is 0 Å². The van der Waals surface area contributed by atoms with Crippen LogP contribution in [0, 0.1) is 23.7 Å². The molecule has 0 saturated heterocycles. The van der Waals surface area contributed by atoms with Crippen LogP contribution < -0.4 is 0 Å². The van der Waals surface area contributed by atoms with Gasteiger partial charge in [-0.2, -0.15) is 0 Å². The average Bonchev–Trinajstić information content (AvgIpc) is 2.53. The summed E-state index contributed by atoms with van der Waals surface area (Å²) in [6.07, 6.45) is 21.6. The van der Waals surface area contributed by atoms with Crippen LogP contribution in [0.2, 0.25) is 0 Å². The van der Waals surface area contributed by atoms with Gasteiger partial charge in [-0.1, -0.05) is 119 Å². The topological polar surface area (TPSA) is 0 Å². The first-order chi connectivity index (χ1) is 12.0. The van der Waals surface area contributed by atoms with Crippen LogP contribution in [-0.2, 0) is 0 Å². The predicted molar refractivity (Wildman–Crippen MR) is 117 cm³/mol. The lowest BCUT2D eigenvalue weighted by Gasteiger charge is -2.22. The van der Waals surface area contributed by atoms with Gasteiger partial charge in [0.2, 0.25) is 0 Å². The van der Waals surface area contributed by atoms with E-state index >= 15 is 0 Å². The Morgan fingerprint density at radius 1 is 0.400 bits per heavy atom. The van der Waals surface area contributed by atoms with E-state index in [0.717, 1.165) is 23.7 Å². The maximum atomic E-state index is 2.49. The van der Waals surface area contributed by atoms with E-state index in [4.69, 9.17) is 0 Å². The molecule has 0 spiro atoms. The smallest absolute Gasteiger partial charge is 0.0438 e. The minimum absolute atomic E-state index is 0.913. The molecule has 0 aliphatic rings. The molecule has 0 aromatic rings. The summed E-state index contributed by atoms with van der Waals surface area (Å²) in [4.78, 5) is 0. The lowest BCUT2D eigenvalue weighted by molar-refractivity contribution is 0.293. The summed E-state index contributed by atoms with van der Waals surface area (Å²) in [7, 11) is 0. The van der Waals surface area contributed by atoms with E-state index in [1.54, 1.807) is 0 Å². The van der Waals surface area contributed by atoms with E-state index in [1.807, 2.05) is 0 Å². The van der Waals surface area contributed by atoms with Gasteiger partial charge in [-0.15, -0.1) is 0 Å². The Hall–Kier alpha value is 0. The highest BCUT2D eigenvalue weighted by atomic mass is 14.2. The molecule has 25 heavy (non-hydrogen) atoms. The van der Waals surface area contributed by atoms with E-state index in [2.05, 4.69) is 41.5 Å². The molecule has 0 fully saturated rings. The third-order valence-electron chi connectivity index (χ3n) is 6.00. The second-order valence-electron chi connectivity index (χ2n) is 9.53. The summed E-state index contributed by atoms with van der Waals surface area (Å²) < 4.78 is 0. The standard InChI is InChI=1S/C25H52/c1-7-9-10-11-12-13-14-15-16-18-23(4)20-25(6)21-24(5)19-22(3)17-8-2/h22-25H,7-21H2,1-6H3. The Morgan fingerprint density at radius 2 is 0.800 bits per heavy atom. The summed E-state index contributed by atoms with van der Waals surface area (Å²) in [5.74, 6) is 3.68. The third kappa shape index (κ3) is 17.2. The van der Waals surface area contributed by atoms with Crippen molar-refractivity contribution in [3.05, 3.63) is 0 Å². The average molecular weight is 353 g/mol. The van der Waals surface area contributed by atoms with Crippen molar-refractivity contribution in [1.82, 2.24) is 0 Å². The van der Waals surface area contributed by atoms with Gasteiger partial charge in [0.05, 0.1) is 0 Å². The molecule has 0 nitrogen and oxygen atoms in total. The largest absolute Gasteiger partial charge is 0.0654 e. The Kier molecular flexibility index (Phi) is 17.4. The maximum absolute atomic E-state index is 2.49. The summed E-state index contributed by atoms with van der Waals surface area (Å²) in [5.41, 5.74) is 0. The SMILES string of the molecule is CCCCCCCCCCCC(C)CC(C)CC(C)CC(C)CCC. The fourth-order valence-electron chi connectivity index (χ4n) is 4.79. The van der Waals surface area contributed by atoms with Crippen LogP contribution in [0.4, 0.5) is 0 Å². The normalized spacial score (nSPS) is 16.6. The van der Waals surface area contributed by atoms with Crippen LogP contribution in [0.3, 0.4) is 0 Å². The minimum atomic E-state index is 0.913. The monoisotopic (exact) mass is 352 g/mol. The van der Waals surface area contributed by atoms with E-state index in [1.165, 1.54) is 96.3 Å². The van der Waals surface area contributed by atoms with Crippen molar-refractivity contribution >= 4 is 0 Å². The second-order valence-corrected chi connectivity index (χ2v) is 9.53. The van der Waals surface area contributed by atoms with Gasteiger partial charge in [0, 0.05) is 0 Å². The Bertz CT molecular complexity index is 257. The molecule has 0 radical (unpaired) electrons. The van der Waals surface area contributed by atoms with Gasteiger partial charge in [0.1, 0.15) is 0 Å². The molecule has 0 heterocycles. The number of hydrogen-bond acceptors (Lipinski definition) is 0. The Labute approximate surface area is 161 Å². The van der Waals surface area contributed by atoms with Crippen LogP contribution in [0.5, 0.6) is 0 Å². The first-order valence-electron chi connectivity index (χ1n) is 12.0. The molecule has 152 valence electrons. The van der Waals surface area contributed by atoms with Crippen LogP contribution in [0.25, 0.3) is 0 Å². The van der Waals surface area contributed by atoms with Gasteiger partial charge in [-0.3, -0.25) is 0 Å². The van der Waals surface area contributed by atoms with E-state index in [0.29, 0.717) is 0 Å². The highest BCUT2D eigenvalue weighted by Gasteiger charge is 2.14. The quantitative estimate of drug-likeness (QED) is 0.215. The van der Waals surface area contributed by atoms with Crippen molar-refractivity contribution in [2.45, 2.75) is 138 Å². The minimum Gasteiger partial charge on any atom is -0.0654 e. The van der Waals surface area contributed by atoms with E-state index < -0.39 is 0 Å². The summed E-state index contributed by atoms with van der Waals surface area (Å²) in [6.45, 7) is 14.5. The summed E-state index contributed by atoms with van der Waals surface area (Å²) in [6, 6.07) is 0. The molecular formula is C25H52. The van der Waals surface area contributed by atoms with Crippen LogP contribution >= 0.6 is 0 Å². The molecule has 0 aromatic heterocycles. The van der Waals surface area contributed by atoms with Gasteiger partial charge in [-0.05, 0) is 42.9 Å². The second kappa shape index (κ2) is 17.4. The molecule has 0 rings (SSSR count). The van der Waals surface area contributed by atoms with Crippen LogP contribution in [0.15, 0.2) is 0 Å². The number of hydrogen-bond donors (Lipinski definition) is 0. The predicted octanol–water partition coefficient (Wildman–Crippen LogP) is 9.42. The summed E-state index contributed by atoms with van der Waals surface area (Å²) >= 11 is 0. The van der Waals surface area contributed by atoms with Crippen molar-refractivity contribution in [2.24, 2.45) is 23.7 Å². The molecule has 0 aliphatic carbocycles. The molecular weight excluding hydrogens is 300 g/mol. The highest BCUT2D eigenvalue weighted by molar-refractivity contribution is 4.66. The highest BCUT2D eigenvalue weighted by Crippen LogP contribution is 2.27. The summed E-state index contributed by atoms with van der Waals surface area (Å²) in [5, 5.41) is 0. The van der Waals surface area contributed by atoms with Gasteiger partial charge < -0.3 is 0 Å². The molecule has 0 aromatic carbocycles. The lowest BCUT2D eigenvalue weighted by atomic mass is 9.83. The fraction of sp³-hybridized carbons (Fsp3) is 1.00. The van der Waals surface area contributed by atoms with Crippen molar-refractivity contribution < 1.29 is 0 Å². The molecule has 4 atom stereocenters. The molecule has 0 heteroatoms. The zero-order chi connectivity index (χ0) is 18.9. The Balaban J connectivity index is 3.56. The van der Waals surface area contributed by atoms with Gasteiger partial charge in [0.25, 0.3) is 0 Å². The number of rotatable bonds is 18. The van der Waals surface area contributed by atoms with Gasteiger partial charge >= 0.3 is 0 Å². The number of unbranched alkanes of at least 4 members (excludes halogenated alkanes) is 8. The first kappa shape index (κ1) is 25.0. The van der Waals surface area contributed by atoms with E-state index in [-0.39, 0.29) is 0 Å². The van der Waals surface area contributed by atoms with Gasteiger partial charge in [-0.25, -0.2) is 0 Å².